The summed E-state index contributed by atoms with van der Waals surface area (Å²) in [4.78, 5) is 1.15. The number of rotatable bonds is 8. The fourth-order valence-corrected chi connectivity index (χ4v) is 3.56. The van der Waals surface area contributed by atoms with E-state index in [1.807, 2.05) is 48.7 Å². The smallest absolute Gasteiger partial charge is 0.214 e. The Labute approximate surface area is 148 Å². The molecule has 6 nitrogen and oxygen atoms in total. The van der Waals surface area contributed by atoms with Crippen molar-refractivity contribution in [2.45, 2.75) is 24.8 Å². The molecule has 24 heavy (non-hydrogen) atoms. The van der Waals surface area contributed by atoms with Crippen molar-refractivity contribution < 1.29 is 9.84 Å². The van der Waals surface area contributed by atoms with E-state index in [1.54, 1.807) is 16.0 Å². The Morgan fingerprint density at radius 2 is 2.17 bits per heavy atom. The number of para-hydroxylation sites is 1. The van der Waals surface area contributed by atoms with Crippen molar-refractivity contribution in [3.05, 3.63) is 52.2 Å². The molecule has 126 valence electrons. The van der Waals surface area contributed by atoms with Crippen LogP contribution in [-0.2, 0) is 11.3 Å². The Balaban J connectivity index is 1.52. The third kappa shape index (κ3) is 4.41. The molecular formula is C16H18N4O2S2. The van der Waals surface area contributed by atoms with Crippen LogP contribution in [0.3, 0.4) is 0 Å². The summed E-state index contributed by atoms with van der Waals surface area (Å²) in [7, 11) is 0. The maximum atomic E-state index is 10.1. The molecule has 1 atom stereocenters. The van der Waals surface area contributed by atoms with E-state index < -0.39 is 6.10 Å². The molecule has 1 aromatic carbocycles. The molecule has 0 aliphatic carbocycles. The summed E-state index contributed by atoms with van der Waals surface area (Å²) in [6.07, 6.45) is -0.572. The van der Waals surface area contributed by atoms with Crippen molar-refractivity contribution in [3.63, 3.8) is 0 Å². The number of benzene rings is 1. The van der Waals surface area contributed by atoms with Gasteiger partial charge in [0.05, 0.1) is 25.0 Å². The van der Waals surface area contributed by atoms with Gasteiger partial charge in [0.25, 0.3) is 0 Å². The Morgan fingerprint density at radius 3 is 2.96 bits per heavy atom. The van der Waals surface area contributed by atoms with Gasteiger partial charge in [-0.1, -0.05) is 36.0 Å². The lowest BCUT2D eigenvalue weighted by Crippen LogP contribution is -2.18. The lowest BCUT2D eigenvalue weighted by atomic mass is 10.2. The maximum Gasteiger partial charge on any atom is 0.214 e. The van der Waals surface area contributed by atoms with Crippen LogP contribution in [0.4, 0.5) is 0 Å². The number of aromatic nitrogens is 4. The standard InChI is InChI=1S/C16H18N4O2S2/c1-12-5-2-3-7-15(12)20-16(17-18-19-20)24-11-13(21)9-22-10-14-6-4-8-23-14/h2-8,13,21H,9-11H2,1H3/t13-/m0/s1. The molecule has 0 saturated carbocycles. The average molecular weight is 362 g/mol. The summed E-state index contributed by atoms with van der Waals surface area (Å²) in [6, 6.07) is 11.9. The molecule has 3 aromatic rings. The summed E-state index contributed by atoms with van der Waals surface area (Å²) in [6.45, 7) is 2.83. The third-order valence-electron chi connectivity index (χ3n) is 3.32. The first-order chi connectivity index (χ1) is 11.7. The molecule has 2 heterocycles. The van der Waals surface area contributed by atoms with Crippen LogP contribution < -0.4 is 0 Å². The fourth-order valence-electron chi connectivity index (χ4n) is 2.13. The Hall–Kier alpha value is -1.74. The molecule has 0 aliphatic rings. The maximum absolute atomic E-state index is 10.1. The Morgan fingerprint density at radius 1 is 1.29 bits per heavy atom. The Bertz CT molecular complexity index is 761. The van der Waals surface area contributed by atoms with E-state index in [-0.39, 0.29) is 6.61 Å². The molecule has 0 saturated heterocycles. The van der Waals surface area contributed by atoms with Crippen LogP contribution in [-0.4, -0.2) is 43.8 Å². The van der Waals surface area contributed by atoms with Gasteiger partial charge in [0.1, 0.15) is 0 Å². The summed E-state index contributed by atoms with van der Waals surface area (Å²) >= 11 is 3.06. The molecule has 2 aromatic heterocycles. The number of aliphatic hydroxyl groups is 1. The Kier molecular flexibility index (Phi) is 5.97. The molecular weight excluding hydrogens is 344 g/mol. The van der Waals surface area contributed by atoms with Crippen LogP contribution in [0.2, 0.25) is 0 Å². The van der Waals surface area contributed by atoms with Gasteiger partial charge in [-0.3, -0.25) is 0 Å². The minimum atomic E-state index is -0.572. The number of aryl methyl sites for hydroxylation is 1. The van der Waals surface area contributed by atoms with Gasteiger partial charge >= 0.3 is 0 Å². The molecule has 0 radical (unpaired) electrons. The van der Waals surface area contributed by atoms with Crippen molar-refractivity contribution >= 4 is 23.1 Å². The van der Waals surface area contributed by atoms with E-state index in [9.17, 15) is 5.11 Å². The number of tetrazole rings is 1. The summed E-state index contributed by atoms with van der Waals surface area (Å²) in [5, 5.41) is 24.6. The largest absolute Gasteiger partial charge is 0.390 e. The third-order valence-corrected chi connectivity index (χ3v) is 5.24. The number of ether oxygens (including phenoxy) is 1. The topological polar surface area (TPSA) is 73.1 Å². The van der Waals surface area contributed by atoms with E-state index in [1.165, 1.54) is 11.8 Å². The van der Waals surface area contributed by atoms with Gasteiger partial charge in [-0.25, -0.2) is 0 Å². The summed E-state index contributed by atoms with van der Waals surface area (Å²) in [5.74, 6) is 0.469. The van der Waals surface area contributed by atoms with E-state index in [0.717, 1.165) is 16.1 Å². The van der Waals surface area contributed by atoms with Crippen LogP contribution in [0, 0.1) is 6.92 Å². The first-order valence-electron chi connectivity index (χ1n) is 7.49. The van der Waals surface area contributed by atoms with Gasteiger partial charge in [0.2, 0.25) is 5.16 Å². The van der Waals surface area contributed by atoms with Crippen LogP contribution in [0.1, 0.15) is 10.4 Å². The number of thioether (sulfide) groups is 1. The number of thiophene rings is 1. The van der Waals surface area contributed by atoms with Gasteiger partial charge < -0.3 is 9.84 Å². The second-order valence-corrected chi connectivity index (χ2v) is 7.24. The highest BCUT2D eigenvalue weighted by Gasteiger charge is 2.13. The molecule has 0 aliphatic heterocycles. The van der Waals surface area contributed by atoms with Gasteiger partial charge in [0.15, 0.2) is 0 Å². The molecule has 0 amide bonds. The van der Waals surface area contributed by atoms with Crippen LogP contribution in [0.15, 0.2) is 46.9 Å². The van der Waals surface area contributed by atoms with Gasteiger partial charge in [0, 0.05) is 10.6 Å². The highest BCUT2D eigenvalue weighted by molar-refractivity contribution is 7.99. The zero-order valence-corrected chi connectivity index (χ0v) is 14.8. The number of hydrogen-bond donors (Lipinski definition) is 1. The van der Waals surface area contributed by atoms with E-state index in [2.05, 4.69) is 15.5 Å². The van der Waals surface area contributed by atoms with Crippen molar-refractivity contribution in [1.29, 1.82) is 0 Å². The lowest BCUT2D eigenvalue weighted by Gasteiger charge is -2.11. The van der Waals surface area contributed by atoms with E-state index in [4.69, 9.17) is 4.74 Å². The molecule has 0 unspecified atom stereocenters. The normalized spacial score (nSPS) is 12.4. The van der Waals surface area contributed by atoms with Crippen molar-refractivity contribution in [2.75, 3.05) is 12.4 Å². The van der Waals surface area contributed by atoms with Crippen molar-refractivity contribution in [1.82, 2.24) is 20.2 Å². The lowest BCUT2D eigenvalue weighted by molar-refractivity contribution is 0.0409. The van der Waals surface area contributed by atoms with Gasteiger partial charge in [-0.15, -0.1) is 16.4 Å². The first-order valence-corrected chi connectivity index (χ1v) is 9.36. The first kappa shape index (κ1) is 17.1. The van der Waals surface area contributed by atoms with E-state index in [0.29, 0.717) is 17.5 Å². The van der Waals surface area contributed by atoms with Crippen LogP contribution in [0.5, 0.6) is 0 Å². The highest BCUT2D eigenvalue weighted by atomic mass is 32.2. The monoisotopic (exact) mass is 362 g/mol. The van der Waals surface area contributed by atoms with E-state index >= 15 is 0 Å². The highest BCUT2D eigenvalue weighted by Crippen LogP contribution is 2.21. The number of aliphatic hydroxyl groups excluding tert-OH is 1. The predicted octanol–water partition coefficient (Wildman–Crippen LogP) is 2.70. The van der Waals surface area contributed by atoms with Crippen LogP contribution in [0.25, 0.3) is 5.69 Å². The number of hydrogen-bond acceptors (Lipinski definition) is 7. The van der Waals surface area contributed by atoms with Crippen molar-refractivity contribution in [3.8, 4) is 5.69 Å². The second kappa shape index (κ2) is 8.39. The molecule has 0 bridgehead atoms. The minimum absolute atomic E-state index is 0.289. The molecule has 0 fully saturated rings. The molecule has 8 heteroatoms. The van der Waals surface area contributed by atoms with Gasteiger partial charge in [-0.2, -0.15) is 4.68 Å². The zero-order chi connectivity index (χ0) is 16.8. The average Bonchev–Trinajstić information content (AvgIpc) is 3.25. The number of nitrogens with zero attached hydrogens (tertiary/aromatic N) is 4. The SMILES string of the molecule is Cc1ccccc1-n1nnnc1SC[C@@H](O)COCc1cccs1. The molecule has 0 spiro atoms. The zero-order valence-electron chi connectivity index (χ0n) is 13.2. The quantitative estimate of drug-likeness (QED) is 0.621. The molecule has 3 rings (SSSR count). The fraction of sp³-hybridized carbons (Fsp3) is 0.312. The summed E-state index contributed by atoms with van der Waals surface area (Å²) < 4.78 is 7.23. The van der Waals surface area contributed by atoms with Crippen molar-refractivity contribution in [2.24, 2.45) is 0 Å². The van der Waals surface area contributed by atoms with Gasteiger partial charge in [-0.05, 0) is 40.4 Å². The van der Waals surface area contributed by atoms with Crippen LogP contribution >= 0.6 is 23.1 Å². The minimum Gasteiger partial charge on any atom is -0.390 e. The predicted molar refractivity (Wildman–Crippen MR) is 94.6 cm³/mol. The molecule has 1 N–H and O–H groups in total. The summed E-state index contributed by atoms with van der Waals surface area (Å²) in [5.41, 5.74) is 2.03. The second-order valence-electron chi connectivity index (χ2n) is 5.22.